The molecule has 33 heavy (non-hydrogen) atoms. The number of nitrogens with zero attached hydrogens (tertiary/aromatic N) is 2. The molecule has 7 nitrogen and oxygen atoms in total. The van der Waals surface area contributed by atoms with Gasteiger partial charge in [-0.1, -0.05) is 36.4 Å². The average Bonchev–Trinajstić information content (AvgIpc) is 3.15. The highest BCUT2D eigenvalue weighted by molar-refractivity contribution is 6.05. The molecule has 3 N–H and O–H groups in total. The minimum absolute atomic E-state index is 0.113. The van der Waals surface area contributed by atoms with Crippen LogP contribution in [0.2, 0.25) is 0 Å². The Labute approximate surface area is 193 Å². The Morgan fingerprint density at radius 1 is 1.00 bits per heavy atom. The van der Waals surface area contributed by atoms with Gasteiger partial charge in [-0.2, -0.15) is 0 Å². The minimum atomic E-state index is -0.568. The third-order valence-electron chi connectivity index (χ3n) is 7.30. The van der Waals surface area contributed by atoms with Crippen LogP contribution in [0.1, 0.15) is 64.2 Å². The van der Waals surface area contributed by atoms with Crippen LogP contribution in [0.15, 0.2) is 42.5 Å². The number of hydrogen-bond donors (Lipinski definition) is 2. The molecule has 3 aliphatic heterocycles. The number of fused-ring (bicyclic) bond motifs is 1. The van der Waals surface area contributed by atoms with Crippen LogP contribution in [0.25, 0.3) is 0 Å². The number of benzene rings is 2. The highest BCUT2D eigenvalue weighted by Crippen LogP contribution is 2.32. The van der Waals surface area contributed by atoms with Gasteiger partial charge in [0.05, 0.1) is 0 Å². The average molecular weight is 447 g/mol. The molecule has 2 fully saturated rings. The summed E-state index contributed by atoms with van der Waals surface area (Å²) in [5.41, 5.74) is 11.3. The van der Waals surface area contributed by atoms with Crippen LogP contribution in [-0.2, 0) is 29.2 Å². The Bertz CT molecular complexity index is 1090. The van der Waals surface area contributed by atoms with Crippen molar-refractivity contribution in [3.05, 3.63) is 70.3 Å². The zero-order valence-corrected chi connectivity index (χ0v) is 18.8. The number of nitrogens with two attached hydrogens (primary N) is 1. The van der Waals surface area contributed by atoms with E-state index in [2.05, 4.69) is 40.5 Å². The van der Waals surface area contributed by atoms with Gasteiger partial charge in [0.15, 0.2) is 0 Å². The van der Waals surface area contributed by atoms with E-state index >= 15 is 0 Å². The van der Waals surface area contributed by atoms with Crippen LogP contribution in [0.4, 0.5) is 0 Å². The summed E-state index contributed by atoms with van der Waals surface area (Å²) >= 11 is 0. The van der Waals surface area contributed by atoms with E-state index in [9.17, 15) is 14.4 Å². The number of nitrogens with one attached hydrogen (secondary N) is 1. The molecule has 3 heterocycles. The van der Waals surface area contributed by atoms with Crippen molar-refractivity contribution in [2.24, 2.45) is 5.73 Å². The molecule has 172 valence electrons. The molecule has 2 aromatic rings. The standard InChI is InChI=1S/C26H30N4O3/c27-14-19-3-1-2-4-21(19)18-9-11-29(12-10-18)15-17-5-6-20-16-30(26(33)22(20)13-17)23-7-8-24(31)28-25(23)32/h1-6,13,18,23H,7-12,14-16,27H2,(H,28,31,32). The smallest absolute Gasteiger partial charge is 0.255 e. The van der Waals surface area contributed by atoms with E-state index in [-0.39, 0.29) is 24.1 Å². The molecule has 3 aliphatic rings. The van der Waals surface area contributed by atoms with Crippen molar-refractivity contribution in [1.82, 2.24) is 15.1 Å². The molecule has 5 rings (SSSR count). The SMILES string of the molecule is NCc1ccccc1C1CCN(Cc2ccc3c(c2)C(=O)N(C2CCC(=O)NC2=O)C3)CC1. The fourth-order valence-electron chi connectivity index (χ4n) is 5.48. The molecule has 0 bridgehead atoms. The lowest BCUT2D eigenvalue weighted by molar-refractivity contribution is -0.136. The van der Waals surface area contributed by atoms with Gasteiger partial charge in [0.1, 0.15) is 6.04 Å². The van der Waals surface area contributed by atoms with E-state index < -0.39 is 6.04 Å². The third kappa shape index (κ3) is 4.30. The number of rotatable bonds is 5. The summed E-state index contributed by atoms with van der Waals surface area (Å²) in [4.78, 5) is 40.8. The van der Waals surface area contributed by atoms with Crippen molar-refractivity contribution in [2.75, 3.05) is 13.1 Å². The quantitative estimate of drug-likeness (QED) is 0.687. The normalized spacial score (nSPS) is 21.9. The van der Waals surface area contributed by atoms with Gasteiger partial charge >= 0.3 is 0 Å². The molecule has 3 amide bonds. The molecule has 2 aromatic carbocycles. The van der Waals surface area contributed by atoms with Gasteiger partial charge in [0, 0.05) is 31.6 Å². The second-order valence-corrected chi connectivity index (χ2v) is 9.34. The molecule has 2 saturated heterocycles. The largest absolute Gasteiger partial charge is 0.326 e. The summed E-state index contributed by atoms with van der Waals surface area (Å²) in [6, 6.07) is 14.0. The fourth-order valence-corrected chi connectivity index (χ4v) is 5.48. The lowest BCUT2D eigenvalue weighted by Crippen LogP contribution is -2.52. The number of amides is 3. The van der Waals surface area contributed by atoms with Crippen LogP contribution in [0.5, 0.6) is 0 Å². The summed E-state index contributed by atoms with van der Waals surface area (Å²) in [7, 11) is 0. The molecule has 0 radical (unpaired) electrons. The lowest BCUT2D eigenvalue weighted by atomic mass is 9.86. The van der Waals surface area contributed by atoms with Crippen molar-refractivity contribution >= 4 is 17.7 Å². The van der Waals surface area contributed by atoms with Crippen LogP contribution < -0.4 is 11.1 Å². The molecule has 1 atom stereocenters. The molecular formula is C26H30N4O3. The number of carbonyl (C=O) groups is 3. The van der Waals surface area contributed by atoms with E-state index in [1.165, 1.54) is 11.1 Å². The van der Waals surface area contributed by atoms with Gasteiger partial charge in [-0.25, -0.2) is 0 Å². The van der Waals surface area contributed by atoms with E-state index in [1.54, 1.807) is 4.90 Å². The van der Waals surface area contributed by atoms with Gasteiger partial charge in [0.2, 0.25) is 11.8 Å². The van der Waals surface area contributed by atoms with Gasteiger partial charge in [-0.3, -0.25) is 24.6 Å². The first-order chi connectivity index (χ1) is 16.0. The van der Waals surface area contributed by atoms with E-state index in [0.29, 0.717) is 31.0 Å². The lowest BCUT2D eigenvalue weighted by Gasteiger charge is -2.33. The van der Waals surface area contributed by atoms with Crippen LogP contribution >= 0.6 is 0 Å². The number of imide groups is 1. The van der Waals surface area contributed by atoms with Gasteiger partial charge in [-0.15, -0.1) is 0 Å². The molecule has 0 aliphatic carbocycles. The van der Waals surface area contributed by atoms with E-state index in [0.717, 1.165) is 43.6 Å². The summed E-state index contributed by atoms with van der Waals surface area (Å²) in [6.07, 6.45) is 2.86. The Morgan fingerprint density at radius 3 is 2.55 bits per heavy atom. The Hall–Kier alpha value is -3.03. The first kappa shape index (κ1) is 21.8. The zero-order valence-electron chi connectivity index (χ0n) is 18.8. The predicted molar refractivity (Wildman–Crippen MR) is 124 cm³/mol. The van der Waals surface area contributed by atoms with Crippen LogP contribution in [0.3, 0.4) is 0 Å². The monoisotopic (exact) mass is 446 g/mol. The fraction of sp³-hybridized carbons (Fsp3) is 0.423. The highest BCUT2D eigenvalue weighted by Gasteiger charge is 2.39. The Balaban J connectivity index is 1.22. The minimum Gasteiger partial charge on any atom is -0.326 e. The Kier molecular flexibility index (Phi) is 6.00. The van der Waals surface area contributed by atoms with Crippen molar-refractivity contribution < 1.29 is 14.4 Å². The molecule has 1 unspecified atom stereocenters. The second kappa shape index (κ2) is 9.08. The highest BCUT2D eigenvalue weighted by atomic mass is 16.2. The number of piperidine rings is 2. The summed E-state index contributed by atoms with van der Waals surface area (Å²) < 4.78 is 0. The third-order valence-corrected chi connectivity index (χ3v) is 7.30. The molecule has 0 saturated carbocycles. The molecule has 0 spiro atoms. The first-order valence-electron chi connectivity index (χ1n) is 11.8. The maximum Gasteiger partial charge on any atom is 0.255 e. The van der Waals surface area contributed by atoms with Crippen LogP contribution in [-0.4, -0.2) is 46.7 Å². The second-order valence-electron chi connectivity index (χ2n) is 9.34. The zero-order chi connectivity index (χ0) is 22.9. The van der Waals surface area contributed by atoms with Gasteiger partial charge < -0.3 is 10.6 Å². The summed E-state index contributed by atoms with van der Waals surface area (Å²) in [6.45, 7) is 3.83. The maximum absolute atomic E-state index is 13.1. The topological polar surface area (TPSA) is 95.7 Å². The molecule has 0 aromatic heterocycles. The number of hydrogen-bond acceptors (Lipinski definition) is 5. The van der Waals surface area contributed by atoms with Crippen molar-refractivity contribution in [3.63, 3.8) is 0 Å². The van der Waals surface area contributed by atoms with Crippen molar-refractivity contribution in [3.8, 4) is 0 Å². The number of carbonyl (C=O) groups excluding carboxylic acids is 3. The summed E-state index contributed by atoms with van der Waals surface area (Å²) in [5, 5.41) is 2.36. The summed E-state index contributed by atoms with van der Waals surface area (Å²) in [5.74, 6) is -0.201. The predicted octanol–water partition coefficient (Wildman–Crippen LogP) is 2.29. The molecule has 7 heteroatoms. The van der Waals surface area contributed by atoms with Gasteiger partial charge in [-0.05, 0) is 66.6 Å². The van der Waals surface area contributed by atoms with Gasteiger partial charge in [0.25, 0.3) is 5.91 Å². The number of likely N-dealkylation sites (tertiary alicyclic amines) is 1. The first-order valence-corrected chi connectivity index (χ1v) is 11.8. The van der Waals surface area contributed by atoms with Crippen molar-refractivity contribution in [2.45, 2.75) is 57.3 Å². The van der Waals surface area contributed by atoms with E-state index in [4.69, 9.17) is 5.73 Å². The maximum atomic E-state index is 13.1. The Morgan fingerprint density at radius 2 is 1.79 bits per heavy atom. The van der Waals surface area contributed by atoms with Crippen LogP contribution in [0, 0.1) is 0 Å². The van der Waals surface area contributed by atoms with E-state index in [1.807, 2.05) is 12.1 Å². The van der Waals surface area contributed by atoms with Crippen molar-refractivity contribution in [1.29, 1.82) is 0 Å². The molecular weight excluding hydrogens is 416 g/mol.